The first kappa shape index (κ1) is 18.9. The Hall–Kier alpha value is -0.120. The van der Waals surface area contributed by atoms with Gasteiger partial charge in [-0.15, -0.1) is 0 Å². The van der Waals surface area contributed by atoms with Crippen LogP contribution < -0.4 is 5.32 Å². The maximum atomic E-state index is 10.4. The third-order valence-electron chi connectivity index (χ3n) is 4.77. The van der Waals surface area contributed by atoms with Gasteiger partial charge in [-0.2, -0.15) is 0 Å². The molecule has 3 unspecified atom stereocenters. The molecule has 21 heavy (non-hydrogen) atoms. The summed E-state index contributed by atoms with van der Waals surface area (Å²) in [6.07, 6.45) is 3.19. The van der Waals surface area contributed by atoms with Gasteiger partial charge in [-0.1, -0.05) is 41.5 Å². The smallest absolute Gasteiger partial charge is 0.0591 e. The molecule has 126 valence electrons. The van der Waals surface area contributed by atoms with E-state index in [9.17, 15) is 5.11 Å². The zero-order valence-electron chi connectivity index (χ0n) is 15.2. The number of hydrogen-bond donors (Lipinski definition) is 2. The molecule has 1 fully saturated rings. The van der Waals surface area contributed by atoms with Gasteiger partial charge in [0.15, 0.2) is 0 Å². The highest BCUT2D eigenvalue weighted by Crippen LogP contribution is 2.29. The van der Waals surface area contributed by atoms with E-state index in [0.29, 0.717) is 12.0 Å². The van der Waals surface area contributed by atoms with E-state index in [2.05, 4.69) is 51.8 Å². The fraction of sp³-hybridized carbons (Fsp3) is 1.00. The van der Waals surface area contributed by atoms with Crippen LogP contribution in [0.2, 0.25) is 0 Å². The summed E-state index contributed by atoms with van der Waals surface area (Å²) in [6, 6.07) is 0.592. The molecule has 0 bridgehead atoms. The van der Waals surface area contributed by atoms with Crippen molar-refractivity contribution in [3.8, 4) is 0 Å². The molecule has 1 aliphatic rings. The lowest BCUT2D eigenvalue weighted by molar-refractivity contribution is 0.0227. The zero-order valence-corrected chi connectivity index (χ0v) is 15.2. The summed E-state index contributed by atoms with van der Waals surface area (Å²) in [7, 11) is 0. The van der Waals surface area contributed by atoms with Crippen molar-refractivity contribution in [2.75, 3.05) is 26.2 Å². The molecular formula is C18H38N2O. The van der Waals surface area contributed by atoms with Crippen molar-refractivity contribution in [1.29, 1.82) is 0 Å². The minimum Gasteiger partial charge on any atom is -0.393 e. The van der Waals surface area contributed by atoms with Gasteiger partial charge in [0.2, 0.25) is 0 Å². The van der Waals surface area contributed by atoms with Crippen LogP contribution >= 0.6 is 0 Å². The second kappa shape index (κ2) is 8.50. The summed E-state index contributed by atoms with van der Waals surface area (Å²) >= 11 is 0. The summed E-state index contributed by atoms with van der Waals surface area (Å²) in [5, 5.41) is 14.1. The maximum absolute atomic E-state index is 10.4. The second-order valence-electron chi connectivity index (χ2n) is 8.41. The van der Waals surface area contributed by atoms with Gasteiger partial charge < -0.3 is 15.3 Å². The Morgan fingerprint density at radius 2 is 1.90 bits per heavy atom. The predicted octanol–water partition coefficient (Wildman–Crippen LogP) is 3.13. The third kappa shape index (κ3) is 7.12. The summed E-state index contributed by atoms with van der Waals surface area (Å²) in [5.41, 5.74) is -0.00490. The lowest BCUT2D eigenvalue weighted by Crippen LogP contribution is -2.50. The lowest BCUT2D eigenvalue weighted by atomic mass is 9.80. The van der Waals surface area contributed by atoms with Crippen molar-refractivity contribution in [3.63, 3.8) is 0 Å². The lowest BCUT2D eigenvalue weighted by Gasteiger charge is -2.40. The minimum atomic E-state index is -0.198. The van der Waals surface area contributed by atoms with Crippen molar-refractivity contribution < 1.29 is 5.11 Å². The molecule has 0 amide bonds. The zero-order chi connectivity index (χ0) is 16.0. The standard InChI is InChI=1S/C18H38N2O/c1-7-20-12-15(11-17(21)18(4,5)6)10-16(13-20)19-9-8-14(2)3/h14-17,19,21H,7-13H2,1-6H3. The molecule has 0 aromatic rings. The summed E-state index contributed by atoms with van der Waals surface area (Å²) < 4.78 is 0. The summed E-state index contributed by atoms with van der Waals surface area (Å²) in [4.78, 5) is 2.54. The van der Waals surface area contributed by atoms with Gasteiger partial charge in [0.1, 0.15) is 0 Å². The van der Waals surface area contributed by atoms with Crippen LogP contribution in [0.15, 0.2) is 0 Å². The van der Waals surface area contributed by atoms with E-state index in [-0.39, 0.29) is 11.5 Å². The van der Waals surface area contributed by atoms with Crippen LogP contribution in [-0.4, -0.2) is 48.3 Å². The highest BCUT2D eigenvalue weighted by molar-refractivity contribution is 4.86. The van der Waals surface area contributed by atoms with Gasteiger partial charge in [-0.3, -0.25) is 0 Å². The molecule has 3 heteroatoms. The van der Waals surface area contributed by atoms with Crippen molar-refractivity contribution in [2.24, 2.45) is 17.3 Å². The first-order valence-corrected chi connectivity index (χ1v) is 8.86. The SMILES string of the molecule is CCN1CC(CC(O)C(C)(C)C)CC(NCCC(C)C)C1. The fourth-order valence-corrected chi connectivity index (χ4v) is 3.13. The van der Waals surface area contributed by atoms with Gasteiger partial charge in [0.25, 0.3) is 0 Å². The molecule has 2 N–H and O–H groups in total. The molecule has 0 aromatic heterocycles. The number of nitrogens with one attached hydrogen (secondary N) is 1. The van der Waals surface area contributed by atoms with E-state index in [1.165, 1.54) is 12.8 Å². The quantitative estimate of drug-likeness (QED) is 0.758. The van der Waals surface area contributed by atoms with Crippen molar-refractivity contribution in [1.82, 2.24) is 10.2 Å². The number of aliphatic hydroxyl groups excluding tert-OH is 1. The van der Waals surface area contributed by atoms with Crippen LogP contribution in [0.5, 0.6) is 0 Å². The van der Waals surface area contributed by atoms with Crippen LogP contribution in [0, 0.1) is 17.3 Å². The molecule has 0 aromatic carbocycles. The highest BCUT2D eigenvalue weighted by atomic mass is 16.3. The summed E-state index contributed by atoms with van der Waals surface area (Å²) in [5.74, 6) is 1.38. The Balaban J connectivity index is 2.48. The number of likely N-dealkylation sites (N-methyl/N-ethyl adjacent to an activating group) is 1. The van der Waals surface area contributed by atoms with Crippen molar-refractivity contribution in [2.45, 2.75) is 73.0 Å². The second-order valence-corrected chi connectivity index (χ2v) is 8.41. The topological polar surface area (TPSA) is 35.5 Å². The first-order chi connectivity index (χ1) is 9.72. The van der Waals surface area contributed by atoms with Crippen LogP contribution in [0.25, 0.3) is 0 Å². The maximum Gasteiger partial charge on any atom is 0.0591 e. The van der Waals surface area contributed by atoms with E-state index in [1.807, 2.05) is 0 Å². The molecule has 0 aliphatic carbocycles. The average Bonchev–Trinajstić information content (AvgIpc) is 2.36. The first-order valence-electron chi connectivity index (χ1n) is 8.86. The van der Waals surface area contributed by atoms with Gasteiger partial charge in [0, 0.05) is 19.1 Å². The number of aliphatic hydroxyl groups is 1. The van der Waals surface area contributed by atoms with Gasteiger partial charge in [-0.25, -0.2) is 0 Å². The van der Waals surface area contributed by atoms with E-state index in [0.717, 1.165) is 38.5 Å². The van der Waals surface area contributed by atoms with E-state index in [4.69, 9.17) is 0 Å². The van der Waals surface area contributed by atoms with E-state index in [1.54, 1.807) is 0 Å². The highest BCUT2D eigenvalue weighted by Gasteiger charge is 2.31. The number of rotatable bonds is 7. The van der Waals surface area contributed by atoms with E-state index >= 15 is 0 Å². The minimum absolute atomic E-state index is 0.00490. The Morgan fingerprint density at radius 3 is 2.43 bits per heavy atom. The molecule has 1 heterocycles. The molecule has 0 saturated carbocycles. The van der Waals surface area contributed by atoms with Gasteiger partial charge >= 0.3 is 0 Å². The van der Waals surface area contributed by atoms with Crippen LogP contribution in [0.1, 0.15) is 60.8 Å². The normalized spacial score (nSPS) is 26.3. The number of likely N-dealkylation sites (tertiary alicyclic amines) is 1. The Labute approximate surface area is 132 Å². The van der Waals surface area contributed by atoms with Crippen molar-refractivity contribution >= 4 is 0 Å². The van der Waals surface area contributed by atoms with Crippen LogP contribution in [0.3, 0.4) is 0 Å². The third-order valence-corrected chi connectivity index (χ3v) is 4.77. The predicted molar refractivity (Wildman–Crippen MR) is 91.5 cm³/mol. The van der Waals surface area contributed by atoms with Crippen LogP contribution in [-0.2, 0) is 0 Å². The van der Waals surface area contributed by atoms with Crippen molar-refractivity contribution in [3.05, 3.63) is 0 Å². The number of nitrogens with zero attached hydrogens (tertiary/aromatic N) is 1. The molecule has 3 atom stereocenters. The monoisotopic (exact) mass is 298 g/mol. The molecule has 1 aliphatic heterocycles. The Morgan fingerprint density at radius 1 is 1.24 bits per heavy atom. The summed E-state index contributed by atoms with van der Waals surface area (Å²) in [6.45, 7) is 17.8. The Kier molecular flexibility index (Phi) is 7.66. The molecule has 0 radical (unpaired) electrons. The molecule has 0 spiro atoms. The average molecular weight is 299 g/mol. The number of piperidine rings is 1. The van der Waals surface area contributed by atoms with Crippen LogP contribution in [0.4, 0.5) is 0 Å². The largest absolute Gasteiger partial charge is 0.393 e. The van der Waals surface area contributed by atoms with Gasteiger partial charge in [0.05, 0.1) is 6.10 Å². The van der Waals surface area contributed by atoms with E-state index < -0.39 is 0 Å². The Bertz CT molecular complexity index is 285. The molecule has 3 nitrogen and oxygen atoms in total. The molecule has 1 rings (SSSR count). The molecular weight excluding hydrogens is 260 g/mol. The van der Waals surface area contributed by atoms with Gasteiger partial charge in [-0.05, 0) is 49.6 Å². The number of hydrogen-bond acceptors (Lipinski definition) is 3. The fourth-order valence-electron chi connectivity index (χ4n) is 3.13. The molecule has 1 saturated heterocycles.